The van der Waals surface area contributed by atoms with Crippen molar-refractivity contribution in [2.45, 2.75) is 25.7 Å². The Kier molecular flexibility index (Phi) is 3.15. The third-order valence-corrected chi connectivity index (χ3v) is 4.47. The SMILES string of the molecule is Oc1c(C=Nc2ccccc2)sc2c1CCCC2. The molecule has 0 spiro atoms. The van der Waals surface area contributed by atoms with Gasteiger partial charge in [0.25, 0.3) is 0 Å². The van der Waals surface area contributed by atoms with Crippen LogP contribution in [0.2, 0.25) is 0 Å². The van der Waals surface area contributed by atoms with Crippen molar-refractivity contribution < 1.29 is 5.11 Å². The number of benzene rings is 1. The van der Waals surface area contributed by atoms with Crippen molar-refractivity contribution in [2.75, 3.05) is 0 Å². The van der Waals surface area contributed by atoms with Gasteiger partial charge in [-0.15, -0.1) is 11.3 Å². The van der Waals surface area contributed by atoms with E-state index in [2.05, 4.69) is 4.99 Å². The highest BCUT2D eigenvalue weighted by molar-refractivity contribution is 7.14. The molecule has 2 nitrogen and oxygen atoms in total. The molecule has 1 aromatic carbocycles. The first-order chi connectivity index (χ1) is 8.84. The van der Waals surface area contributed by atoms with Crippen LogP contribution in [-0.2, 0) is 12.8 Å². The Morgan fingerprint density at radius 3 is 2.67 bits per heavy atom. The van der Waals surface area contributed by atoms with Gasteiger partial charge >= 0.3 is 0 Å². The molecule has 1 heterocycles. The van der Waals surface area contributed by atoms with Gasteiger partial charge in [0.2, 0.25) is 0 Å². The largest absolute Gasteiger partial charge is 0.506 e. The van der Waals surface area contributed by atoms with Gasteiger partial charge in [-0.3, -0.25) is 4.99 Å². The zero-order chi connectivity index (χ0) is 12.4. The predicted octanol–water partition coefficient (Wildman–Crippen LogP) is 4.08. The van der Waals surface area contributed by atoms with Crippen LogP contribution in [0.4, 0.5) is 5.69 Å². The lowest BCUT2D eigenvalue weighted by Gasteiger charge is -2.09. The van der Waals surface area contributed by atoms with Gasteiger partial charge in [0.05, 0.1) is 10.6 Å². The molecule has 0 radical (unpaired) electrons. The van der Waals surface area contributed by atoms with Crippen molar-refractivity contribution >= 4 is 23.2 Å². The summed E-state index contributed by atoms with van der Waals surface area (Å²) in [6.07, 6.45) is 6.33. The Balaban J connectivity index is 1.89. The summed E-state index contributed by atoms with van der Waals surface area (Å²) in [5.74, 6) is 0.453. The van der Waals surface area contributed by atoms with Gasteiger partial charge in [0.1, 0.15) is 5.75 Å². The van der Waals surface area contributed by atoms with Crippen molar-refractivity contribution in [3.63, 3.8) is 0 Å². The van der Waals surface area contributed by atoms with E-state index in [1.807, 2.05) is 30.3 Å². The van der Waals surface area contributed by atoms with Gasteiger partial charge in [0, 0.05) is 16.7 Å². The van der Waals surface area contributed by atoms with Crippen LogP contribution >= 0.6 is 11.3 Å². The van der Waals surface area contributed by atoms with Crippen LogP contribution in [0, 0.1) is 0 Å². The summed E-state index contributed by atoms with van der Waals surface area (Å²) in [6.45, 7) is 0. The number of fused-ring (bicyclic) bond motifs is 1. The number of rotatable bonds is 2. The van der Waals surface area contributed by atoms with Gasteiger partial charge in [0.15, 0.2) is 0 Å². The second kappa shape index (κ2) is 4.94. The number of nitrogens with zero attached hydrogens (tertiary/aromatic N) is 1. The Morgan fingerprint density at radius 2 is 1.89 bits per heavy atom. The number of aryl methyl sites for hydroxylation is 1. The smallest absolute Gasteiger partial charge is 0.138 e. The number of hydrogen-bond acceptors (Lipinski definition) is 3. The Hall–Kier alpha value is -1.61. The maximum atomic E-state index is 10.2. The number of para-hydroxylation sites is 1. The Bertz CT molecular complexity index is 572. The zero-order valence-corrected chi connectivity index (χ0v) is 10.9. The number of hydrogen-bond donors (Lipinski definition) is 1. The van der Waals surface area contributed by atoms with Crippen molar-refractivity contribution in [3.8, 4) is 5.75 Å². The Morgan fingerprint density at radius 1 is 1.11 bits per heavy atom. The number of aliphatic imine (C=N–C) groups is 1. The van der Waals surface area contributed by atoms with E-state index in [4.69, 9.17) is 0 Å². The predicted molar refractivity (Wildman–Crippen MR) is 76.3 cm³/mol. The molecule has 1 aromatic heterocycles. The average molecular weight is 257 g/mol. The fourth-order valence-electron chi connectivity index (χ4n) is 2.31. The standard InChI is InChI=1S/C15H15NOS/c17-15-12-8-4-5-9-13(12)18-14(15)10-16-11-6-2-1-3-7-11/h1-3,6-7,10,17H,4-5,8-9H2. The molecule has 3 rings (SSSR count). The van der Waals surface area contributed by atoms with E-state index in [1.54, 1.807) is 17.6 Å². The van der Waals surface area contributed by atoms with Gasteiger partial charge in [-0.25, -0.2) is 0 Å². The molecule has 0 aliphatic heterocycles. The maximum absolute atomic E-state index is 10.2. The van der Waals surface area contributed by atoms with E-state index in [1.165, 1.54) is 17.7 Å². The monoisotopic (exact) mass is 257 g/mol. The van der Waals surface area contributed by atoms with Crippen LogP contribution in [-0.4, -0.2) is 11.3 Å². The topological polar surface area (TPSA) is 32.6 Å². The molecule has 18 heavy (non-hydrogen) atoms. The molecular formula is C15H15NOS. The molecule has 2 aromatic rings. The summed E-state index contributed by atoms with van der Waals surface area (Å²) in [7, 11) is 0. The fourth-order valence-corrected chi connectivity index (χ4v) is 3.46. The third kappa shape index (κ3) is 2.18. The minimum atomic E-state index is 0.453. The van der Waals surface area contributed by atoms with Crippen LogP contribution in [0.1, 0.15) is 28.2 Å². The van der Waals surface area contributed by atoms with Gasteiger partial charge in [-0.05, 0) is 37.8 Å². The van der Waals surface area contributed by atoms with E-state index in [-0.39, 0.29) is 0 Å². The van der Waals surface area contributed by atoms with Crippen molar-refractivity contribution in [1.29, 1.82) is 0 Å². The summed E-state index contributed by atoms with van der Waals surface area (Å²) < 4.78 is 0. The second-order valence-corrected chi connectivity index (χ2v) is 5.65. The molecule has 1 aliphatic rings. The van der Waals surface area contributed by atoms with E-state index >= 15 is 0 Å². The quantitative estimate of drug-likeness (QED) is 0.808. The van der Waals surface area contributed by atoms with Crippen LogP contribution in [0.3, 0.4) is 0 Å². The summed E-state index contributed by atoms with van der Waals surface area (Å²) in [5, 5.41) is 10.2. The highest BCUT2D eigenvalue weighted by atomic mass is 32.1. The van der Waals surface area contributed by atoms with Crippen LogP contribution in [0.25, 0.3) is 0 Å². The molecule has 3 heteroatoms. The van der Waals surface area contributed by atoms with E-state index in [0.29, 0.717) is 5.75 Å². The normalized spacial score (nSPS) is 14.9. The number of aromatic hydroxyl groups is 1. The first-order valence-electron chi connectivity index (χ1n) is 6.27. The highest BCUT2D eigenvalue weighted by Gasteiger charge is 2.18. The molecule has 0 bridgehead atoms. The molecule has 0 fully saturated rings. The van der Waals surface area contributed by atoms with Gasteiger partial charge < -0.3 is 5.11 Å². The molecule has 0 saturated heterocycles. The fraction of sp³-hybridized carbons (Fsp3) is 0.267. The van der Waals surface area contributed by atoms with Gasteiger partial charge in [-0.1, -0.05) is 18.2 Å². The van der Waals surface area contributed by atoms with Gasteiger partial charge in [-0.2, -0.15) is 0 Å². The summed E-state index contributed by atoms with van der Waals surface area (Å²) in [4.78, 5) is 6.64. The lowest BCUT2D eigenvalue weighted by Crippen LogP contribution is -1.97. The van der Waals surface area contributed by atoms with Crippen molar-refractivity contribution in [3.05, 3.63) is 45.6 Å². The second-order valence-electron chi connectivity index (χ2n) is 4.52. The minimum absolute atomic E-state index is 0.453. The summed E-state index contributed by atoms with van der Waals surface area (Å²) in [6, 6.07) is 9.82. The highest BCUT2D eigenvalue weighted by Crippen LogP contribution is 2.38. The Labute approximate surface area is 111 Å². The minimum Gasteiger partial charge on any atom is -0.506 e. The van der Waals surface area contributed by atoms with Crippen LogP contribution in [0.5, 0.6) is 5.75 Å². The van der Waals surface area contributed by atoms with E-state index in [9.17, 15) is 5.11 Å². The van der Waals surface area contributed by atoms with E-state index in [0.717, 1.165) is 29.0 Å². The molecule has 0 saturated carbocycles. The molecule has 0 atom stereocenters. The lowest BCUT2D eigenvalue weighted by molar-refractivity contribution is 0.465. The molecule has 1 N–H and O–H groups in total. The summed E-state index contributed by atoms with van der Waals surface area (Å²) in [5.41, 5.74) is 2.07. The molecule has 0 amide bonds. The van der Waals surface area contributed by atoms with Crippen LogP contribution in [0.15, 0.2) is 35.3 Å². The maximum Gasteiger partial charge on any atom is 0.138 e. The molecule has 1 aliphatic carbocycles. The number of thiophene rings is 1. The lowest BCUT2D eigenvalue weighted by atomic mass is 9.98. The average Bonchev–Trinajstić information content (AvgIpc) is 2.75. The van der Waals surface area contributed by atoms with Crippen molar-refractivity contribution in [2.24, 2.45) is 4.99 Å². The van der Waals surface area contributed by atoms with E-state index < -0.39 is 0 Å². The van der Waals surface area contributed by atoms with Crippen molar-refractivity contribution in [1.82, 2.24) is 0 Å². The summed E-state index contributed by atoms with van der Waals surface area (Å²) >= 11 is 1.68. The third-order valence-electron chi connectivity index (χ3n) is 3.26. The molecule has 92 valence electrons. The first kappa shape index (κ1) is 11.5. The first-order valence-corrected chi connectivity index (χ1v) is 7.09. The van der Waals surface area contributed by atoms with Crippen LogP contribution < -0.4 is 0 Å². The molecule has 0 unspecified atom stereocenters. The molecular weight excluding hydrogens is 242 g/mol. The zero-order valence-electron chi connectivity index (χ0n) is 10.1.